The molecule has 2 aromatic rings. The predicted octanol–water partition coefficient (Wildman–Crippen LogP) is 4.02. The van der Waals surface area contributed by atoms with Crippen molar-refractivity contribution in [1.29, 1.82) is 0 Å². The van der Waals surface area contributed by atoms with E-state index in [4.69, 9.17) is 4.74 Å². The minimum Gasteiger partial charge on any atom is -0.480 e. The number of ketones is 1. The Morgan fingerprint density at radius 3 is 2.10 bits per heavy atom. The number of amides is 1. The maximum Gasteiger partial charge on any atom is 0.408 e. The summed E-state index contributed by atoms with van der Waals surface area (Å²) in [5, 5.41) is 11.7. The summed E-state index contributed by atoms with van der Waals surface area (Å²) in [6, 6.07) is 15.6. The Bertz CT molecular complexity index is 838. The van der Waals surface area contributed by atoms with E-state index < -0.39 is 23.7 Å². The number of carboxylic acid groups (broad SMARTS) is 1. The summed E-state index contributed by atoms with van der Waals surface area (Å²) in [6.07, 6.45) is 0.262. The number of hydrogen-bond acceptors (Lipinski definition) is 4. The Kier molecular flexibility index (Phi) is 7.53. The van der Waals surface area contributed by atoms with Crippen molar-refractivity contribution in [3.05, 3.63) is 71.3 Å². The van der Waals surface area contributed by atoms with Gasteiger partial charge in [0.05, 0.1) is 0 Å². The van der Waals surface area contributed by atoms with E-state index in [2.05, 4.69) is 5.32 Å². The van der Waals surface area contributed by atoms with Gasteiger partial charge in [-0.2, -0.15) is 0 Å². The molecule has 0 saturated heterocycles. The molecule has 0 bridgehead atoms. The topological polar surface area (TPSA) is 92.7 Å². The highest BCUT2D eigenvalue weighted by atomic mass is 16.6. The molecule has 6 heteroatoms. The van der Waals surface area contributed by atoms with Crippen LogP contribution in [0.3, 0.4) is 0 Å². The van der Waals surface area contributed by atoms with Crippen LogP contribution < -0.4 is 5.32 Å². The number of carboxylic acids is 1. The number of hydrogen-bond donors (Lipinski definition) is 2. The van der Waals surface area contributed by atoms with Crippen molar-refractivity contribution in [3.8, 4) is 0 Å². The van der Waals surface area contributed by atoms with Crippen LogP contribution in [-0.2, 0) is 22.4 Å². The van der Waals surface area contributed by atoms with Gasteiger partial charge in [0.2, 0.25) is 0 Å². The zero-order chi connectivity index (χ0) is 21.4. The van der Waals surface area contributed by atoms with Gasteiger partial charge >= 0.3 is 12.1 Å². The molecule has 0 aromatic heterocycles. The number of nitrogens with one attached hydrogen (secondary N) is 1. The first kappa shape index (κ1) is 22.1. The molecule has 2 aromatic carbocycles. The number of carbonyl (C=O) groups is 3. The highest BCUT2D eigenvalue weighted by Crippen LogP contribution is 2.12. The summed E-state index contributed by atoms with van der Waals surface area (Å²) < 4.78 is 5.11. The molecule has 6 nitrogen and oxygen atoms in total. The van der Waals surface area contributed by atoms with E-state index in [9.17, 15) is 19.5 Å². The summed E-state index contributed by atoms with van der Waals surface area (Å²) in [5.74, 6) is -1.06. The zero-order valence-electron chi connectivity index (χ0n) is 17.0. The first-order chi connectivity index (χ1) is 13.6. The quantitative estimate of drug-likeness (QED) is 0.656. The van der Waals surface area contributed by atoms with Crippen LogP contribution in [0.4, 0.5) is 4.79 Å². The van der Waals surface area contributed by atoms with E-state index in [-0.39, 0.29) is 12.2 Å². The average molecular weight is 397 g/mol. The number of ether oxygens (including phenoxy) is 1. The fourth-order valence-electron chi connectivity index (χ4n) is 2.75. The minimum absolute atomic E-state index is 0.0471. The van der Waals surface area contributed by atoms with Crippen LogP contribution in [0.2, 0.25) is 0 Å². The van der Waals surface area contributed by atoms with E-state index in [1.54, 1.807) is 32.9 Å². The molecule has 2 rings (SSSR count). The number of Topliss-reactive ketones (excluding diaryl/α,β-unsaturated/α-hetero) is 1. The molecule has 0 saturated carbocycles. The lowest BCUT2D eigenvalue weighted by Crippen LogP contribution is -2.43. The van der Waals surface area contributed by atoms with Crippen LogP contribution in [0.5, 0.6) is 0 Å². The molecule has 0 fully saturated rings. The van der Waals surface area contributed by atoms with Gasteiger partial charge in [-0.1, -0.05) is 54.6 Å². The molecule has 29 heavy (non-hydrogen) atoms. The standard InChI is InChI=1S/C23H27NO5/c1-23(2,3)29-22(28)24-19(21(26)27)14-13-16-9-11-17(12-10-16)15-20(25)18-7-5-4-6-8-18/h4-12,19H,13-15H2,1-3H3,(H,24,28)(H,26,27)/t19-/m1/s1. The van der Waals surface area contributed by atoms with E-state index >= 15 is 0 Å². The van der Waals surface area contributed by atoms with Crippen LogP contribution >= 0.6 is 0 Å². The molecule has 0 spiro atoms. The van der Waals surface area contributed by atoms with E-state index in [0.717, 1.165) is 11.1 Å². The lowest BCUT2D eigenvalue weighted by molar-refractivity contribution is -0.139. The third-order valence-electron chi connectivity index (χ3n) is 4.19. The van der Waals surface area contributed by atoms with E-state index in [1.807, 2.05) is 42.5 Å². The molecule has 1 atom stereocenters. The van der Waals surface area contributed by atoms with Crippen molar-refractivity contribution < 1.29 is 24.2 Å². The lowest BCUT2D eigenvalue weighted by atomic mass is 10.00. The normalized spacial score (nSPS) is 12.1. The van der Waals surface area contributed by atoms with Crippen molar-refractivity contribution in [3.63, 3.8) is 0 Å². The number of benzene rings is 2. The molecular weight excluding hydrogens is 370 g/mol. The van der Waals surface area contributed by atoms with Gasteiger partial charge in [-0.15, -0.1) is 0 Å². The molecular formula is C23H27NO5. The summed E-state index contributed by atoms with van der Waals surface area (Å²) >= 11 is 0. The smallest absolute Gasteiger partial charge is 0.408 e. The van der Waals surface area contributed by atoms with Crippen molar-refractivity contribution in [2.24, 2.45) is 0 Å². The van der Waals surface area contributed by atoms with Crippen LogP contribution in [0.25, 0.3) is 0 Å². The Morgan fingerprint density at radius 2 is 1.55 bits per heavy atom. The van der Waals surface area contributed by atoms with E-state index in [0.29, 0.717) is 18.4 Å². The van der Waals surface area contributed by atoms with Gasteiger partial charge in [0.15, 0.2) is 5.78 Å². The lowest BCUT2D eigenvalue weighted by Gasteiger charge is -2.22. The molecule has 0 aliphatic rings. The number of rotatable bonds is 8. The van der Waals surface area contributed by atoms with Crippen molar-refractivity contribution in [1.82, 2.24) is 5.32 Å². The second-order valence-corrected chi connectivity index (χ2v) is 7.86. The van der Waals surface area contributed by atoms with Gasteiger partial charge < -0.3 is 15.2 Å². The van der Waals surface area contributed by atoms with E-state index in [1.165, 1.54) is 0 Å². The highest BCUT2D eigenvalue weighted by Gasteiger charge is 2.23. The van der Waals surface area contributed by atoms with Gasteiger partial charge in [-0.3, -0.25) is 4.79 Å². The molecule has 0 radical (unpaired) electrons. The van der Waals surface area contributed by atoms with Crippen LogP contribution in [0.1, 0.15) is 48.7 Å². The number of carbonyl (C=O) groups excluding carboxylic acids is 2. The first-order valence-corrected chi connectivity index (χ1v) is 9.52. The molecule has 0 heterocycles. The van der Waals surface area contributed by atoms with Crippen LogP contribution in [0, 0.1) is 0 Å². The third-order valence-corrected chi connectivity index (χ3v) is 4.19. The number of aryl methyl sites for hydroxylation is 1. The van der Waals surface area contributed by atoms with Crippen molar-refractivity contribution >= 4 is 17.8 Å². The second kappa shape index (κ2) is 9.87. The summed E-state index contributed by atoms with van der Waals surface area (Å²) in [7, 11) is 0. The molecule has 2 N–H and O–H groups in total. The fraction of sp³-hybridized carbons (Fsp3) is 0.348. The fourth-order valence-corrected chi connectivity index (χ4v) is 2.75. The third kappa shape index (κ3) is 7.78. The summed E-state index contributed by atoms with van der Waals surface area (Å²) in [5.41, 5.74) is 1.80. The van der Waals surface area contributed by atoms with Gasteiger partial charge in [0.1, 0.15) is 11.6 Å². The number of alkyl carbamates (subject to hydrolysis) is 1. The Balaban J connectivity index is 1.90. The van der Waals surface area contributed by atoms with Gasteiger partial charge in [0, 0.05) is 12.0 Å². The van der Waals surface area contributed by atoms with Gasteiger partial charge in [-0.25, -0.2) is 9.59 Å². The Morgan fingerprint density at radius 1 is 0.966 bits per heavy atom. The first-order valence-electron chi connectivity index (χ1n) is 9.52. The zero-order valence-corrected chi connectivity index (χ0v) is 17.0. The molecule has 0 aliphatic heterocycles. The van der Waals surface area contributed by atoms with Crippen LogP contribution in [-0.4, -0.2) is 34.6 Å². The summed E-state index contributed by atoms with van der Waals surface area (Å²) in [6.45, 7) is 5.14. The predicted molar refractivity (Wildman–Crippen MR) is 110 cm³/mol. The SMILES string of the molecule is CC(C)(C)OC(=O)N[C@H](CCc1ccc(CC(=O)c2ccccc2)cc1)C(=O)O. The Labute approximate surface area is 170 Å². The molecule has 1 amide bonds. The molecule has 0 aliphatic carbocycles. The average Bonchev–Trinajstić information content (AvgIpc) is 2.65. The monoisotopic (exact) mass is 397 g/mol. The molecule has 0 unspecified atom stereocenters. The molecule has 154 valence electrons. The largest absolute Gasteiger partial charge is 0.480 e. The summed E-state index contributed by atoms with van der Waals surface area (Å²) in [4.78, 5) is 35.5. The van der Waals surface area contributed by atoms with Gasteiger partial charge in [0.25, 0.3) is 0 Å². The minimum atomic E-state index is -1.11. The van der Waals surface area contributed by atoms with Crippen LogP contribution in [0.15, 0.2) is 54.6 Å². The Hall–Kier alpha value is -3.15. The number of aliphatic carboxylic acids is 1. The highest BCUT2D eigenvalue weighted by molar-refractivity contribution is 5.97. The maximum absolute atomic E-state index is 12.3. The second-order valence-electron chi connectivity index (χ2n) is 7.86. The van der Waals surface area contributed by atoms with Crippen molar-refractivity contribution in [2.45, 2.75) is 51.7 Å². The maximum atomic E-state index is 12.3. The van der Waals surface area contributed by atoms with Gasteiger partial charge in [-0.05, 0) is 44.7 Å². The van der Waals surface area contributed by atoms with Crippen molar-refractivity contribution in [2.75, 3.05) is 0 Å².